The first-order chi connectivity index (χ1) is 31.2. The van der Waals surface area contributed by atoms with Gasteiger partial charge in [-0.15, -0.1) is 0 Å². The second-order valence-electron chi connectivity index (χ2n) is 16.5. The SMILES string of the molecule is CCCOCCN1C(=O)O[C@H]2CC/C=C/CCC21.CCCOCCN1C(=O)O[C@H]2CC/C=C/CCC21.O=C(OCCOCCN1C(=O)OC2CC/C=C/CCC21)ON1C(=O)CCC1=O. The van der Waals surface area contributed by atoms with E-state index in [4.69, 9.17) is 33.2 Å². The lowest BCUT2D eigenvalue weighted by Gasteiger charge is -2.25. The van der Waals surface area contributed by atoms with Gasteiger partial charge in [0.1, 0.15) is 24.9 Å². The zero-order chi connectivity index (χ0) is 45.5. The number of amides is 5. The topological polar surface area (TPSA) is 189 Å². The number of fused-ring (bicyclic) bond motifs is 3. The Labute approximate surface area is 377 Å². The van der Waals surface area contributed by atoms with E-state index in [2.05, 4.69) is 55.1 Å². The maximum Gasteiger partial charge on any atom is 0.534 e. The first kappa shape index (κ1) is 50.3. The molecule has 4 saturated heterocycles. The van der Waals surface area contributed by atoms with Crippen LogP contribution in [0.2, 0.25) is 0 Å². The smallest absolute Gasteiger partial charge is 0.444 e. The fourth-order valence-electron chi connectivity index (χ4n) is 8.70. The molecule has 4 unspecified atom stereocenters. The van der Waals surface area contributed by atoms with Crippen LogP contribution in [-0.4, -0.2) is 158 Å². The van der Waals surface area contributed by atoms with Gasteiger partial charge in [-0.1, -0.05) is 55.4 Å². The molecular weight excluding hydrogens is 833 g/mol. The van der Waals surface area contributed by atoms with Crippen LogP contribution < -0.4 is 0 Å². The molecule has 7 aliphatic rings. The fourth-order valence-corrected chi connectivity index (χ4v) is 8.70. The van der Waals surface area contributed by atoms with E-state index < -0.39 is 18.0 Å². The monoisotopic (exact) mass is 902 g/mol. The second kappa shape index (κ2) is 27.6. The van der Waals surface area contributed by atoms with Crippen LogP contribution in [0, 0.1) is 0 Å². The zero-order valence-corrected chi connectivity index (χ0v) is 37.8. The number of imide groups is 1. The number of hydrogen-bond acceptors (Lipinski definition) is 14. The van der Waals surface area contributed by atoms with Gasteiger partial charge in [0, 0.05) is 45.7 Å². The molecule has 7 rings (SSSR count). The predicted molar refractivity (Wildman–Crippen MR) is 232 cm³/mol. The van der Waals surface area contributed by atoms with Gasteiger partial charge in [-0.05, 0) is 89.9 Å². The number of allylic oxidation sites excluding steroid dienone is 6. The summed E-state index contributed by atoms with van der Waals surface area (Å²) in [7, 11) is 0. The summed E-state index contributed by atoms with van der Waals surface area (Å²) in [6, 6.07) is 0.545. The summed E-state index contributed by atoms with van der Waals surface area (Å²) in [6.07, 6.45) is 24.9. The number of hydrogen-bond donors (Lipinski definition) is 0. The largest absolute Gasteiger partial charge is 0.534 e. The lowest BCUT2D eigenvalue weighted by Crippen LogP contribution is -2.39. The van der Waals surface area contributed by atoms with Crippen LogP contribution in [0.4, 0.5) is 19.2 Å². The van der Waals surface area contributed by atoms with Gasteiger partial charge >= 0.3 is 24.4 Å². The minimum atomic E-state index is -1.14. The van der Waals surface area contributed by atoms with Crippen LogP contribution in [0.3, 0.4) is 0 Å². The molecule has 0 aromatic rings. The maximum absolute atomic E-state index is 12.1. The maximum atomic E-state index is 12.1. The van der Waals surface area contributed by atoms with Gasteiger partial charge in [-0.25, -0.2) is 19.2 Å². The van der Waals surface area contributed by atoms with Crippen molar-refractivity contribution in [2.75, 3.05) is 65.9 Å². The molecule has 358 valence electrons. The Hall–Kier alpha value is -4.68. The summed E-state index contributed by atoms with van der Waals surface area (Å²) >= 11 is 0. The first-order valence-electron chi connectivity index (χ1n) is 23.5. The summed E-state index contributed by atoms with van der Waals surface area (Å²) in [5.74, 6) is -1.14. The summed E-state index contributed by atoms with van der Waals surface area (Å²) in [6.45, 7) is 8.90. The number of rotatable bonds is 17. The highest BCUT2D eigenvalue weighted by molar-refractivity contribution is 6.01. The van der Waals surface area contributed by atoms with Gasteiger partial charge in [0.2, 0.25) is 0 Å². The minimum absolute atomic E-state index is 0.0201. The van der Waals surface area contributed by atoms with Crippen LogP contribution in [0.15, 0.2) is 36.5 Å². The minimum Gasteiger partial charge on any atom is -0.444 e. The predicted octanol–water partition coefficient (Wildman–Crippen LogP) is 7.01. The molecular formula is C46H70N4O14. The van der Waals surface area contributed by atoms with E-state index in [1.165, 1.54) is 0 Å². The third-order valence-corrected chi connectivity index (χ3v) is 11.9. The molecule has 0 bridgehead atoms. The lowest BCUT2D eigenvalue weighted by atomic mass is 9.98. The van der Waals surface area contributed by atoms with Crippen LogP contribution in [0.1, 0.15) is 117 Å². The molecule has 0 aromatic carbocycles. The van der Waals surface area contributed by atoms with Crippen LogP contribution in [0.5, 0.6) is 0 Å². The van der Waals surface area contributed by atoms with Crippen LogP contribution in [0.25, 0.3) is 0 Å². The average Bonchev–Trinajstić information content (AvgIpc) is 3.93. The first-order valence-corrected chi connectivity index (χ1v) is 23.5. The number of hydroxylamine groups is 2. The van der Waals surface area contributed by atoms with Crippen molar-refractivity contribution >= 4 is 36.2 Å². The molecule has 18 nitrogen and oxygen atoms in total. The number of nitrogens with zero attached hydrogens (tertiary/aromatic N) is 4. The van der Waals surface area contributed by atoms with Crippen LogP contribution >= 0.6 is 0 Å². The van der Waals surface area contributed by atoms with E-state index in [0.29, 0.717) is 37.9 Å². The van der Waals surface area contributed by atoms with Crippen molar-refractivity contribution in [3.63, 3.8) is 0 Å². The molecule has 64 heavy (non-hydrogen) atoms. The van der Waals surface area contributed by atoms with Crippen LogP contribution in [-0.2, 0) is 47.6 Å². The summed E-state index contributed by atoms with van der Waals surface area (Å²) in [5, 5.41) is 0.419. The van der Waals surface area contributed by atoms with E-state index in [1.54, 1.807) is 4.90 Å². The quantitative estimate of drug-likeness (QED) is 0.0477. The van der Waals surface area contributed by atoms with Gasteiger partial charge in [-0.2, -0.15) is 0 Å². The number of ether oxygens (including phenoxy) is 7. The van der Waals surface area contributed by atoms with E-state index in [-0.39, 0.29) is 87.4 Å². The van der Waals surface area contributed by atoms with Crippen molar-refractivity contribution in [1.29, 1.82) is 0 Å². The molecule has 5 amide bonds. The highest BCUT2D eigenvalue weighted by Crippen LogP contribution is 2.30. The Morgan fingerprint density at radius 2 is 0.844 bits per heavy atom. The standard InChI is InChI=1S/C18H24N2O8.2C14H23NO3/c21-15-7-8-16(22)20(15)28-18(24)26-12-11-25-10-9-19-13-5-3-1-2-4-6-14(13)27-17(19)23;2*1-2-10-17-11-9-15-12-7-5-3-4-6-8-13(12)18-14(15)16/h1-2,13-14H,3-12H2;2*3-4,12-13H,2,5-11H2,1H3/b2-1+;2*4-3+/t;2*12?,13-/m.00/s1. The molecule has 6 atom stereocenters. The van der Waals surface area contributed by atoms with E-state index in [1.807, 2.05) is 9.80 Å². The molecule has 0 N–H and O–H groups in total. The molecule has 18 heteroatoms. The van der Waals surface area contributed by atoms with Gasteiger partial charge < -0.3 is 33.2 Å². The van der Waals surface area contributed by atoms with E-state index >= 15 is 0 Å². The molecule has 0 spiro atoms. The Kier molecular flexibility index (Phi) is 21.7. The average molecular weight is 903 g/mol. The molecule has 3 aliphatic carbocycles. The van der Waals surface area contributed by atoms with Crippen molar-refractivity contribution in [1.82, 2.24) is 19.8 Å². The number of carbonyl (C=O) groups excluding carboxylic acids is 6. The van der Waals surface area contributed by atoms with Gasteiger partial charge in [-0.3, -0.25) is 29.1 Å². The van der Waals surface area contributed by atoms with Crippen molar-refractivity contribution < 1.29 is 66.8 Å². The normalized spacial score (nSPS) is 27.8. The third-order valence-electron chi connectivity index (χ3n) is 11.9. The van der Waals surface area contributed by atoms with Crippen molar-refractivity contribution in [2.24, 2.45) is 0 Å². The molecule has 0 radical (unpaired) electrons. The summed E-state index contributed by atoms with van der Waals surface area (Å²) in [4.78, 5) is 79.9. The number of carbonyl (C=O) groups is 6. The fraction of sp³-hybridized carbons (Fsp3) is 0.739. The van der Waals surface area contributed by atoms with Crippen molar-refractivity contribution in [3.05, 3.63) is 36.5 Å². The highest BCUT2D eigenvalue weighted by atomic mass is 16.8. The van der Waals surface area contributed by atoms with Crippen molar-refractivity contribution in [2.45, 2.75) is 153 Å². The Morgan fingerprint density at radius 1 is 0.500 bits per heavy atom. The summed E-state index contributed by atoms with van der Waals surface area (Å²) < 4.78 is 37.5. The van der Waals surface area contributed by atoms with Gasteiger partial charge in [0.25, 0.3) is 11.8 Å². The third kappa shape index (κ3) is 15.5. The van der Waals surface area contributed by atoms with Crippen molar-refractivity contribution in [3.8, 4) is 0 Å². The Balaban J connectivity index is 0.000000188. The summed E-state index contributed by atoms with van der Waals surface area (Å²) in [5.41, 5.74) is 0. The highest BCUT2D eigenvalue weighted by Gasteiger charge is 2.43. The Morgan fingerprint density at radius 3 is 1.20 bits per heavy atom. The molecule has 0 saturated carbocycles. The van der Waals surface area contributed by atoms with Gasteiger partial charge in [0.05, 0.1) is 44.6 Å². The molecule has 4 heterocycles. The second-order valence-corrected chi connectivity index (χ2v) is 16.5. The molecule has 0 aromatic heterocycles. The van der Waals surface area contributed by atoms with Gasteiger partial charge in [0.15, 0.2) is 0 Å². The zero-order valence-electron chi connectivity index (χ0n) is 37.8. The van der Waals surface area contributed by atoms with E-state index in [0.717, 1.165) is 103 Å². The lowest BCUT2D eigenvalue weighted by molar-refractivity contribution is -0.177. The Bertz CT molecular complexity index is 1530. The van der Waals surface area contributed by atoms with E-state index in [9.17, 15) is 28.8 Å². The molecule has 4 fully saturated rings. The molecule has 4 aliphatic heterocycles.